The summed E-state index contributed by atoms with van der Waals surface area (Å²) in [6.07, 6.45) is 2.75. The first-order valence-corrected chi connectivity index (χ1v) is 8.96. The summed E-state index contributed by atoms with van der Waals surface area (Å²) in [5, 5.41) is 1.59. The van der Waals surface area contributed by atoms with Crippen LogP contribution in [0.1, 0.15) is 11.1 Å². The van der Waals surface area contributed by atoms with E-state index < -0.39 is 0 Å². The molecule has 0 saturated heterocycles. The molecule has 2 heterocycles. The Morgan fingerprint density at radius 1 is 0.778 bits per heavy atom. The van der Waals surface area contributed by atoms with Gasteiger partial charge in [-0.05, 0) is 41.8 Å². The summed E-state index contributed by atoms with van der Waals surface area (Å²) in [7, 11) is 0. The Morgan fingerprint density at radius 2 is 1.44 bits per heavy atom. The number of hydrogen-bond acceptors (Lipinski definition) is 2. The van der Waals surface area contributed by atoms with Crippen molar-refractivity contribution in [2.24, 2.45) is 0 Å². The number of rotatable bonds is 3. The lowest BCUT2D eigenvalue weighted by Crippen LogP contribution is -2.02. The van der Waals surface area contributed by atoms with E-state index in [1.165, 1.54) is 0 Å². The Morgan fingerprint density at radius 3 is 2.22 bits per heavy atom. The van der Waals surface area contributed by atoms with E-state index in [9.17, 15) is 4.79 Å². The smallest absolute Gasteiger partial charge is 0.346 e. The van der Waals surface area contributed by atoms with Crippen LogP contribution in [0.5, 0.6) is 0 Å². The molecule has 5 aromatic rings. The third kappa shape index (κ3) is 2.64. The molecule has 0 saturated carbocycles. The second-order valence-electron chi connectivity index (χ2n) is 6.63. The molecule has 0 amide bonds. The Bertz CT molecular complexity index is 1300. The third-order valence-corrected chi connectivity index (χ3v) is 4.90. The van der Waals surface area contributed by atoms with Gasteiger partial charge >= 0.3 is 5.63 Å². The fourth-order valence-corrected chi connectivity index (χ4v) is 3.69. The Kier molecular flexibility index (Phi) is 3.65. The van der Waals surface area contributed by atoms with Gasteiger partial charge in [-0.1, -0.05) is 60.7 Å². The highest BCUT2D eigenvalue weighted by Crippen LogP contribution is 2.30. The van der Waals surface area contributed by atoms with Crippen LogP contribution in [0, 0.1) is 0 Å². The third-order valence-electron chi connectivity index (χ3n) is 4.90. The fourth-order valence-electron chi connectivity index (χ4n) is 3.69. The van der Waals surface area contributed by atoms with Gasteiger partial charge in [0.2, 0.25) is 0 Å². The van der Waals surface area contributed by atoms with E-state index in [-0.39, 0.29) is 5.63 Å². The maximum atomic E-state index is 12.9. The van der Waals surface area contributed by atoms with Gasteiger partial charge in [-0.3, -0.25) is 0 Å². The van der Waals surface area contributed by atoms with Crippen LogP contribution >= 0.6 is 0 Å². The molecular formula is C24H17NO2. The topological polar surface area (TPSA) is 35.1 Å². The van der Waals surface area contributed by atoms with Crippen LogP contribution in [0.4, 0.5) is 0 Å². The van der Waals surface area contributed by atoms with Crippen LogP contribution in [0.2, 0.25) is 0 Å². The number of nitrogens with zero attached hydrogens (tertiary/aromatic N) is 1. The molecule has 5 rings (SSSR count). The standard InChI is InChI=1S/C24H17NO2/c26-24-22-18(15-17-9-3-1-4-10-17)16-25(19-11-5-2-6-12-19)23(22)20-13-7-8-14-21(20)27-24/h1-14,16H,15H2. The monoisotopic (exact) mass is 351 g/mol. The second-order valence-corrected chi connectivity index (χ2v) is 6.63. The molecule has 0 aliphatic heterocycles. The molecule has 0 bridgehead atoms. The van der Waals surface area contributed by atoms with E-state index in [1.807, 2.05) is 60.7 Å². The molecule has 0 fully saturated rings. The van der Waals surface area contributed by atoms with Crippen molar-refractivity contribution in [3.63, 3.8) is 0 Å². The molecule has 0 radical (unpaired) electrons. The van der Waals surface area contributed by atoms with Crippen molar-refractivity contribution in [2.75, 3.05) is 0 Å². The molecule has 0 spiro atoms. The zero-order valence-corrected chi connectivity index (χ0v) is 14.6. The predicted octanol–water partition coefficient (Wildman–Crippen LogP) is 5.33. The van der Waals surface area contributed by atoms with Crippen LogP contribution < -0.4 is 5.63 Å². The van der Waals surface area contributed by atoms with Gasteiger partial charge in [0.15, 0.2) is 0 Å². The normalized spacial score (nSPS) is 11.3. The van der Waals surface area contributed by atoms with Crippen LogP contribution in [-0.2, 0) is 6.42 Å². The van der Waals surface area contributed by atoms with Crippen molar-refractivity contribution >= 4 is 21.9 Å². The van der Waals surface area contributed by atoms with Gasteiger partial charge in [-0.2, -0.15) is 0 Å². The van der Waals surface area contributed by atoms with E-state index in [2.05, 4.69) is 35.0 Å². The van der Waals surface area contributed by atoms with Crippen molar-refractivity contribution < 1.29 is 4.42 Å². The lowest BCUT2D eigenvalue weighted by atomic mass is 10.0. The maximum Gasteiger partial charge on any atom is 0.346 e. The van der Waals surface area contributed by atoms with Gasteiger partial charge in [-0.25, -0.2) is 4.79 Å². The summed E-state index contributed by atoms with van der Waals surface area (Å²) in [6.45, 7) is 0. The van der Waals surface area contributed by atoms with Crippen LogP contribution in [0.25, 0.3) is 27.6 Å². The summed E-state index contributed by atoms with van der Waals surface area (Å²) in [5.41, 5.74) is 4.38. The largest absolute Gasteiger partial charge is 0.422 e. The van der Waals surface area contributed by atoms with Crippen molar-refractivity contribution in [2.45, 2.75) is 6.42 Å². The fraction of sp³-hybridized carbons (Fsp3) is 0.0417. The molecule has 0 N–H and O–H groups in total. The Labute approximate surface area is 156 Å². The van der Waals surface area contributed by atoms with Gasteiger partial charge < -0.3 is 8.98 Å². The SMILES string of the molecule is O=c1oc2ccccc2c2c1c(Cc1ccccc1)cn2-c1ccccc1. The maximum absolute atomic E-state index is 12.9. The average molecular weight is 351 g/mol. The molecule has 0 aliphatic carbocycles. The molecule has 3 nitrogen and oxygen atoms in total. The zero-order chi connectivity index (χ0) is 18.2. The highest BCUT2D eigenvalue weighted by molar-refractivity contribution is 6.04. The molecule has 3 aromatic carbocycles. The molecule has 0 atom stereocenters. The molecule has 27 heavy (non-hydrogen) atoms. The Balaban J connectivity index is 1.87. The van der Waals surface area contributed by atoms with Gasteiger partial charge in [0.05, 0.1) is 10.9 Å². The van der Waals surface area contributed by atoms with Gasteiger partial charge in [0.25, 0.3) is 0 Å². The molecule has 3 heteroatoms. The minimum absolute atomic E-state index is 0.288. The van der Waals surface area contributed by atoms with E-state index in [0.717, 1.165) is 27.7 Å². The first-order chi connectivity index (χ1) is 13.3. The van der Waals surface area contributed by atoms with E-state index >= 15 is 0 Å². The highest BCUT2D eigenvalue weighted by Gasteiger charge is 2.18. The molecular weight excluding hydrogens is 334 g/mol. The number of para-hydroxylation sites is 2. The summed E-state index contributed by atoms with van der Waals surface area (Å²) >= 11 is 0. The summed E-state index contributed by atoms with van der Waals surface area (Å²) < 4.78 is 7.74. The first kappa shape index (κ1) is 15.6. The lowest BCUT2D eigenvalue weighted by molar-refractivity contribution is 0.569. The van der Waals surface area contributed by atoms with Crippen LogP contribution in [0.15, 0.2) is 100 Å². The van der Waals surface area contributed by atoms with Crippen LogP contribution in [0.3, 0.4) is 0 Å². The minimum Gasteiger partial charge on any atom is -0.422 e. The quantitative estimate of drug-likeness (QED) is 0.412. The van der Waals surface area contributed by atoms with Crippen molar-refractivity contribution in [3.05, 3.63) is 113 Å². The zero-order valence-electron chi connectivity index (χ0n) is 14.6. The van der Waals surface area contributed by atoms with Gasteiger partial charge in [-0.15, -0.1) is 0 Å². The lowest BCUT2D eigenvalue weighted by Gasteiger charge is -2.06. The van der Waals surface area contributed by atoms with E-state index in [0.29, 0.717) is 17.4 Å². The number of fused-ring (bicyclic) bond motifs is 3. The van der Waals surface area contributed by atoms with E-state index in [1.54, 1.807) is 0 Å². The summed E-state index contributed by atoms with van der Waals surface area (Å²) in [6, 6.07) is 28.0. The predicted molar refractivity (Wildman–Crippen MR) is 109 cm³/mol. The molecule has 0 aliphatic rings. The second kappa shape index (κ2) is 6.29. The number of hydrogen-bond donors (Lipinski definition) is 0. The molecule has 2 aromatic heterocycles. The average Bonchev–Trinajstić information content (AvgIpc) is 3.10. The van der Waals surface area contributed by atoms with E-state index in [4.69, 9.17) is 4.42 Å². The summed E-state index contributed by atoms with van der Waals surface area (Å²) in [5.74, 6) is 0. The van der Waals surface area contributed by atoms with Crippen molar-refractivity contribution in [3.8, 4) is 5.69 Å². The first-order valence-electron chi connectivity index (χ1n) is 8.96. The minimum atomic E-state index is -0.288. The molecule has 0 unspecified atom stereocenters. The number of benzene rings is 3. The van der Waals surface area contributed by atoms with Crippen LogP contribution in [-0.4, -0.2) is 4.57 Å². The molecule has 130 valence electrons. The van der Waals surface area contributed by atoms with Crippen molar-refractivity contribution in [1.29, 1.82) is 0 Å². The van der Waals surface area contributed by atoms with Crippen molar-refractivity contribution in [1.82, 2.24) is 4.57 Å². The number of aromatic nitrogens is 1. The summed E-state index contributed by atoms with van der Waals surface area (Å²) in [4.78, 5) is 12.9. The Hall–Kier alpha value is -3.59. The van der Waals surface area contributed by atoms with Gasteiger partial charge in [0, 0.05) is 17.3 Å². The van der Waals surface area contributed by atoms with Gasteiger partial charge in [0.1, 0.15) is 5.58 Å². The highest BCUT2D eigenvalue weighted by atomic mass is 16.4.